The number of nitrogens with zero attached hydrogens (tertiary/aromatic N) is 4. The Balaban J connectivity index is 1.51. The lowest BCUT2D eigenvalue weighted by molar-refractivity contribution is -0.138. The fourth-order valence-corrected chi connectivity index (χ4v) is 3.98. The number of pyridine rings is 1. The molecule has 0 bridgehead atoms. The third kappa shape index (κ3) is 5.69. The van der Waals surface area contributed by atoms with E-state index in [9.17, 15) is 31.5 Å². The zero-order valence-corrected chi connectivity index (χ0v) is 19.8. The summed E-state index contributed by atoms with van der Waals surface area (Å²) in [6.45, 7) is 0.709. The van der Waals surface area contributed by atoms with Gasteiger partial charge in [0.25, 0.3) is 11.1 Å². The quantitative estimate of drug-likeness (QED) is 0.295. The van der Waals surface area contributed by atoms with Crippen molar-refractivity contribution in [2.75, 3.05) is 5.32 Å². The normalized spacial score (nSPS) is 13.4. The lowest BCUT2D eigenvalue weighted by Gasteiger charge is -2.20. The first kappa shape index (κ1) is 26.9. The zero-order valence-electron chi connectivity index (χ0n) is 19.8. The number of fused-ring (bicyclic) bond motifs is 1. The highest BCUT2D eigenvalue weighted by atomic mass is 19.4. The number of H-pyrrole nitrogens is 1. The van der Waals surface area contributed by atoms with Crippen molar-refractivity contribution in [3.05, 3.63) is 80.6 Å². The van der Waals surface area contributed by atoms with Gasteiger partial charge in [0.05, 0.1) is 36.0 Å². The Bertz CT molecular complexity index is 1570. The summed E-state index contributed by atoms with van der Waals surface area (Å²) in [5.74, 6) is -0.717. The molecule has 0 fully saturated rings. The molecule has 3 N–H and O–H groups in total. The number of hydrogen-bond acceptors (Lipinski definition) is 7. The van der Waals surface area contributed by atoms with Gasteiger partial charge in [0.15, 0.2) is 5.82 Å². The first-order valence-corrected chi connectivity index (χ1v) is 11.3. The maximum Gasteiger partial charge on any atom is 0.423 e. The molecule has 0 aliphatic rings. The summed E-state index contributed by atoms with van der Waals surface area (Å²) in [5.41, 5.74) is -3.68. The standard InChI is InChI=1S/C24H21F5N6O3/c1-12(33-19-9-32-34-22(37)20(19)24(27,28)29)4-15(25)10-35-3-2-14-5-17(18(26)6-16(14)23(35)38)21-30-7-13(11-36)8-31-21/h2-3,5-9,12,15,36H,4,10-11H2,1H3,(H2,33,34,37). The molecule has 0 spiro atoms. The van der Waals surface area contributed by atoms with Crippen LogP contribution >= 0.6 is 0 Å². The first-order valence-electron chi connectivity index (χ1n) is 11.3. The number of aliphatic hydroxyl groups is 1. The summed E-state index contributed by atoms with van der Waals surface area (Å²) < 4.78 is 70.4. The van der Waals surface area contributed by atoms with Gasteiger partial charge >= 0.3 is 6.18 Å². The molecule has 0 aliphatic heterocycles. The number of aromatic amines is 1. The second kappa shape index (κ2) is 10.7. The molecule has 4 aromatic rings. The fraction of sp³-hybridized carbons (Fsp3) is 0.292. The molecular formula is C24H21F5N6O3. The minimum atomic E-state index is -4.95. The van der Waals surface area contributed by atoms with Gasteiger partial charge in [-0.05, 0) is 30.5 Å². The molecule has 9 nitrogen and oxygen atoms in total. The van der Waals surface area contributed by atoms with Crippen molar-refractivity contribution in [3.8, 4) is 11.4 Å². The second-order valence-electron chi connectivity index (χ2n) is 8.63. The number of aliphatic hydroxyl groups excluding tert-OH is 1. The van der Waals surface area contributed by atoms with Crippen molar-refractivity contribution in [1.29, 1.82) is 0 Å². The van der Waals surface area contributed by atoms with Gasteiger partial charge in [-0.15, -0.1) is 0 Å². The molecule has 0 saturated carbocycles. The van der Waals surface area contributed by atoms with Crippen LogP contribution in [0.3, 0.4) is 0 Å². The number of halogens is 5. The van der Waals surface area contributed by atoms with E-state index in [4.69, 9.17) is 5.11 Å². The lowest BCUT2D eigenvalue weighted by Crippen LogP contribution is -2.30. The Labute approximate surface area is 211 Å². The van der Waals surface area contributed by atoms with E-state index in [1.807, 2.05) is 0 Å². The van der Waals surface area contributed by atoms with E-state index in [2.05, 4.69) is 20.4 Å². The number of aromatic nitrogens is 5. The molecule has 0 aliphatic carbocycles. The zero-order chi connectivity index (χ0) is 27.6. The Morgan fingerprint density at radius 2 is 1.87 bits per heavy atom. The SMILES string of the molecule is CC(CC(F)Cn1ccc2cc(-c3ncc(CO)cn3)c(F)cc2c1=O)Nc1cn[nH]c(=O)c1C(F)(F)F. The molecule has 0 saturated heterocycles. The Morgan fingerprint density at radius 3 is 2.53 bits per heavy atom. The minimum absolute atomic E-state index is 0.0106. The highest BCUT2D eigenvalue weighted by molar-refractivity contribution is 5.86. The second-order valence-corrected chi connectivity index (χ2v) is 8.63. The van der Waals surface area contributed by atoms with E-state index >= 15 is 0 Å². The number of benzene rings is 1. The van der Waals surface area contributed by atoms with Crippen molar-refractivity contribution >= 4 is 16.5 Å². The third-order valence-electron chi connectivity index (χ3n) is 5.74. The minimum Gasteiger partial charge on any atom is -0.392 e. The van der Waals surface area contributed by atoms with Gasteiger partial charge in [0.2, 0.25) is 0 Å². The molecule has 4 rings (SSSR count). The number of alkyl halides is 4. The summed E-state index contributed by atoms with van der Waals surface area (Å²) in [7, 11) is 0. The van der Waals surface area contributed by atoms with Crippen LogP contribution in [0.15, 0.2) is 52.6 Å². The van der Waals surface area contributed by atoms with Crippen molar-refractivity contribution in [2.24, 2.45) is 0 Å². The average molecular weight is 536 g/mol. The maximum atomic E-state index is 14.8. The molecule has 0 radical (unpaired) electrons. The van der Waals surface area contributed by atoms with Crippen LogP contribution in [0.2, 0.25) is 0 Å². The summed E-state index contributed by atoms with van der Waals surface area (Å²) in [6.07, 6.45) is -2.11. The van der Waals surface area contributed by atoms with Gasteiger partial charge in [-0.25, -0.2) is 23.8 Å². The molecule has 38 heavy (non-hydrogen) atoms. The summed E-state index contributed by atoms with van der Waals surface area (Å²) in [6, 6.07) is 3.02. The van der Waals surface area contributed by atoms with E-state index in [0.29, 0.717) is 10.9 Å². The van der Waals surface area contributed by atoms with Crippen LogP contribution in [0.5, 0.6) is 0 Å². The molecule has 14 heteroatoms. The van der Waals surface area contributed by atoms with Gasteiger partial charge in [0, 0.05) is 36.6 Å². The predicted octanol–water partition coefficient (Wildman–Crippen LogP) is 3.42. The van der Waals surface area contributed by atoms with Gasteiger partial charge in [0.1, 0.15) is 17.6 Å². The summed E-state index contributed by atoms with van der Waals surface area (Å²) in [4.78, 5) is 32.5. The van der Waals surface area contributed by atoms with Crippen LogP contribution in [-0.2, 0) is 19.3 Å². The van der Waals surface area contributed by atoms with Crippen LogP contribution in [0.4, 0.5) is 27.6 Å². The van der Waals surface area contributed by atoms with Gasteiger partial charge in [-0.1, -0.05) is 0 Å². The molecule has 1 aromatic carbocycles. The van der Waals surface area contributed by atoms with E-state index in [1.54, 1.807) is 5.10 Å². The van der Waals surface area contributed by atoms with Crippen LogP contribution < -0.4 is 16.4 Å². The smallest absolute Gasteiger partial charge is 0.392 e. The van der Waals surface area contributed by atoms with Crippen LogP contribution in [0.1, 0.15) is 24.5 Å². The third-order valence-corrected chi connectivity index (χ3v) is 5.74. The monoisotopic (exact) mass is 536 g/mol. The molecule has 200 valence electrons. The summed E-state index contributed by atoms with van der Waals surface area (Å²) >= 11 is 0. The van der Waals surface area contributed by atoms with Gasteiger partial charge in [-0.2, -0.15) is 18.3 Å². The lowest BCUT2D eigenvalue weighted by atomic mass is 10.1. The number of rotatable bonds is 8. The predicted molar refractivity (Wildman–Crippen MR) is 128 cm³/mol. The summed E-state index contributed by atoms with van der Waals surface area (Å²) in [5, 5.41) is 17.0. The van der Waals surface area contributed by atoms with Crippen molar-refractivity contribution in [2.45, 2.75) is 44.9 Å². The van der Waals surface area contributed by atoms with E-state index in [0.717, 1.165) is 16.8 Å². The van der Waals surface area contributed by atoms with Crippen molar-refractivity contribution in [1.82, 2.24) is 24.7 Å². The Morgan fingerprint density at radius 1 is 1.16 bits per heavy atom. The maximum absolute atomic E-state index is 14.8. The van der Waals surface area contributed by atoms with Crippen LogP contribution in [0.25, 0.3) is 22.2 Å². The van der Waals surface area contributed by atoms with E-state index in [1.165, 1.54) is 37.6 Å². The van der Waals surface area contributed by atoms with Crippen LogP contribution in [-0.4, -0.2) is 42.1 Å². The van der Waals surface area contributed by atoms with Crippen LogP contribution in [0, 0.1) is 5.82 Å². The van der Waals surface area contributed by atoms with E-state index < -0.39 is 53.1 Å². The topological polar surface area (TPSA) is 126 Å². The van der Waals surface area contributed by atoms with Gasteiger partial charge in [-0.3, -0.25) is 9.59 Å². The number of hydrogen-bond donors (Lipinski definition) is 3. The van der Waals surface area contributed by atoms with Gasteiger partial charge < -0.3 is 15.0 Å². The van der Waals surface area contributed by atoms with E-state index in [-0.39, 0.29) is 29.8 Å². The van der Waals surface area contributed by atoms with Crippen molar-refractivity contribution < 1.29 is 27.1 Å². The molecule has 2 unspecified atom stereocenters. The number of anilines is 1. The molecule has 0 amide bonds. The molecule has 3 aromatic heterocycles. The first-order chi connectivity index (χ1) is 18.0. The highest BCUT2D eigenvalue weighted by Gasteiger charge is 2.37. The number of nitrogens with one attached hydrogen (secondary N) is 2. The Kier molecular flexibility index (Phi) is 7.53. The molecule has 2 atom stereocenters. The Hall–Kier alpha value is -4.20. The largest absolute Gasteiger partial charge is 0.423 e. The molecule has 3 heterocycles. The average Bonchev–Trinajstić information content (AvgIpc) is 2.85. The fourth-order valence-electron chi connectivity index (χ4n) is 3.98. The molecular weight excluding hydrogens is 515 g/mol. The van der Waals surface area contributed by atoms with Crippen molar-refractivity contribution in [3.63, 3.8) is 0 Å². The highest BCUT2D eigenvalue weighted by Crippen LogP contribution is 2.32.